The van der Waals surface area contributed by atoms with E-state index in [1.54, 1.807) is 7.11 Å². The van der Waals surface area contributed by atoms with Gasteiger partial charge in [0.15, 0.2) is 4.80 Å². The molecule has 2 aliphatic rings. The van der Waals surface area contributed by atoms with Crippen LogP contribution < -0.4 is 24.4 Å². The third kappa shape index (κ3) is 4.34. The lowest BCUT2D eigenvalue weighted by atomic mass is 9.83. The van der Waals surface area contributed by atoms with Crippen LogP contribution in [0, 0.1) is 3.57 Å². The van der Waals surface area contributed by atoms with E-state index in [1.165, 1.54) is 28.0 Å². The Morgan fingerprint density at radius 1 is 1.11 bits per heavy atom. The van der Waals surface area contributed by atoms with Crippen LogP contribution in [0.1, 0.15) is 41.6 Å². The van der Waals surface area contributed by atoms with Crippen LogP contribution in [0.3, 0.4) is 0 Å². The summed E-state index contributed by atoms with van der Waals surface area (Å²) in [5, 5.41) is 0. The molecule has 0 saturated heterocycles. The fourth-order valence-electron chi connectivity index (χ4n) is 5.16. The summed E-state index contributed by atoms with van der Waals surface area (Å²) in [4.78, 5) is 19.7. The topological polar surface area (TPSA) is 52.8 Å². The number of thiazole rings is 1. The zero-order chi connectivity index (χ0) is 25.5. The Morgan fingerprint density at radius 3 is 2.68 bits per heavy atom. The molecule has 2 heterocycles. The molecule has 0 saturated carbocycles. The molecule has 1 atom stereocenters. The van der Waals surface area contributed by atoms with Crippen LogP contribution in [-0.4, -0.2) is 18.3 Å². The monoisotopic (exact) mass is 620 g/mol. The van der Waals surface area contributed by atoms with Crippen LogP contribution in [-0.2, 0) is 6.42 Å². The van der Waals surface area contributed by atoms with Crippen LogP contribution in [0.15, 0.2) is 82.1 Å². The Bertz CT molecular complexity index is 1720. The number of aryl methyl sites for hydroxylation is 1. The molecule has 1 aliphatic carbocycles. The van der Waals surface area contributed by atoms with Gasteiger partial charge >= 0.3 is 0 Å². The van der Waals surface area contributed by atoms with Gasteiger partial charge in [-0.15, -0.1) is 0 Å². The number of benzene rings is 3. The zero-order valence-corrected chi connectivity index (χ0v) is 23.5. The van der Waals surface area contributed by atoms with Crippen molar-refractivity contribution >= 4 is 45.7 Å². The predicted octanol–water partition coefficient (Wildman–Crippen LogP) is 5.33. The lowest BCUT2D eigenvalue weighted by molar-refractivity contribution is 0.340. The number of hydrogen-bond donors (Lipinski definition) is 0. The molecule has 5 nitrogen and oxygen atoms in total. The summed E-state index contributed by atoms with van der Waals surface area (Å²) in [6.45, 7) is 2.59. The van der Waals surface area contributed by atoms with Crippen molar-refractivity contribution in [2.75, 3.05) is 13.7 Å². The van der Waals surface area contributed by atoms with Gasteiger partial charge in [0.1, 0.15) is 11.5 Å². The molecule has 1 aromatic heterocycles. The van der Waals surface area contributed by atoms with Gasteiger partial charge in [-0.05, 0) is 95.0 Å². The van der Waals surface area contributed by atoms with E-state index in [4.69, 9.17) is 14.5 Å². The van der Waals surface area contributed by atoms with E-state index >= 15 is 0 Å². The minimum atomic E-state index is -0.201. The molecule has 7 heteroatoms. The number of allylic oxidation sites excluding steroid dienone is 1. The molecule has 4 aromatic rings. The highest BCUT2D eigenvalue weighted by Gasteiger charge is 2.32. The maximum atomic E-state index is 13.9. The second-order valence-electron chi connectivity index (χ2n) is 9.01. The van der Waals surface area contributed by atoms with Gasteiger partial charge in [0.25, 0.3) is 5.56 Å². The number of fused-ring (bicyclic) bond motifs is 3. The van der Waals surface area contributed by atoms with Gasteiger partial charge in [0.2, 0.25) is 0 Å². The van der Waals surface area contributed by atoms with Crippen molar-refractivity contribution in [3.63, 3.8) is 0 Å². The lowest BCUT2D eigenvalue weighted by Gasteiger charge is -2.30. The summed E-state index contributed by atoms with van der Waals surface area (Å²) in [6.07, 6.45) is 3.76. The van der Waals surface area contributed by atoms with Crippen LogP contribution >= 0.6 is 33.9 Å². The van der Waals surface area contributed by atoms with Crippen LogP contribution in [0.25, 0.3) is 11.8 Å². The number of ether oxygens (including phenoxy) is 2. The highest BCUT2D eigenvalue weighted by atomic mass is 127. The number of aromatic nitrogens is 1. The first-order valence-corrected chi connectivity index (χ1v) is 14.2. The van der Waals surface area contributed by atoms with Crippen LogP contribution in [0.2, 0.25) is 0 Å². The van der Waals surface area contributed by atoms with Crippen LogP contribution in [0.4, 0.5) is 0 Å². The van der Waals surface area contributed by atoms with Gasteiger partial charge in [-0.2, -0.15) is 0 Å². The first kappa shape index (κ1) is 24.2. The van der Waals surface area contributed by atoms with Crippen molar-refractivity contribution < 1.29 is 9.47 Å². The second kappa shape index (κ2) is 9.95. The van der Waals surface area contributed by atoms with Gasteiger partial charge in [-0.25, -0.2) is 4.99 Å². The SMILES string of the molecule is CCOc1ccc(C2C3=C(N=c4sc(=Cc5ccc(OC)c(I)c5)c(=O)n42)c2ccccc2CC3)cc1. The molecular weight excluding hydrogens is 595 g/mol. The number of hydrogen-bond acceptors (Lipinski definition) is 5. The largest absolute Gasteiger partial charge is 0.496 e. The molecule has 6 rings (SSSR count). The Labute approximate surface area is 232 Å². The molecule has 0 spiro atoms. The van der Waals surface area contributed by atoms with E-state index in [2.05, 4.69) is 59.0 Å². The van der Waals surface area contributed by atoms with Crippen molar-refractivity contribution in [1.29, 1.82) is 0 Å². The molecule has 186 valence electrons. The molecule has 0 N–H and O–H groups in total. The highest BCUT2D eigenvalue weighted by Crippen LogP contribution is 2.41. The normalized spacial score (nSPS) is 16.5. The number of halogens is 1. The van der Waals surface area contributed by atoms with Crippen molar-refractivity contribution in [2.45, 2.75) is 25.8 Å². The summed E-state index contributed by atoms with van der Waals surface area (Å²) in [6, 6.07) is 22.4. The Hall–Kier alpha value is -3.17. The average Bonchev–Trinajstić information content (AvgIpc) is 3.22. The van der Waals surface area contributed by atoms with Crippen molar-refractivity contribution in [1.82, 2.24) is 4.57 Å². The third-order valence-corrected chi connectivity index (χ3v) is 8.68. The molecule has 0 radical (unpaired) electrons. The quantitative estimate of drug-likeness (QED) is 0.284. The standard InChI is InChI=1S/C30H25IN2O3S/c1-3-36-21-12-9-20(10-13-21)28-23-14-11-19-6-4-5-7-22(19)27(23)32-30-33(28)29(34)26(37-30)17-18-8-15-25(35-2)24(31)16-18/h4-10,12-13,15-17,28H,3,11,14H2,1-2H3. The van der Waals surface area contributed by atoms with Gasteiger partial charge in [0.05, 0.1) is 33.6 Å². The fraction of sp³-hybridized carbons (Fsp3) is 0.200. The highest BCUT2D eigenvalue weighted by molar-refractivity contribution is 14.1. The molecule has 1 unspecified atom stereocenters. The Balaban J connectivity index is 1.56. The third-order valence-electron chi connectivity index (χ3n) is 6.85. The fourth-order valence-corrected chi connectivity index (χ4v) is 6.92. The predicted molar refractivity (Wildman–Crippen MR) is 156 cm³/mol. The second-order valence-corrected chi connectivity index (χ2v) is 11.2. The van der Waals surface area contributed by atoms with Gasteiger partial charge in [0, 0.05) is 5.56 Å². The molecule has 3 aromatic carbocycles. The molecule has 0 amide bonds. The first-order valence-electron chi connectivity index (χ1n) is 12.3. The summed E-state index contributed by atoms with van der Waals surface area (Å²) in [7, 11) is 1.66. The maximum Gasteiger partial charge on any atom is 0.271 e. The minimum Gasteiger partial charge on any atom is -0.496 e. The molecule has 0 fully saturated rings. The van der Waals surface area contributed by atoms with E-state index in [0.29, 0.717) is 11.1 Å². The zero-order valence-electron chi connectivity index (χ0n) is 20.5. The molecule has 0 bridgehead atoms. The van der Waals surface area contributed by atoms with Gasteiger partial charge in [-0.3, -0.25) is 9.36 Å². The minimum absolute atomic E-state index is 0.0149. The van der Waals surface area contributed by atoms with Gasteiger partial charge < -0.3 is 9.47 Å². The summed E-state index contributed by atoms with van der Waals surface area (Å²) < 4.78 is 14.6. The van der Waals surface area contributed by atoms with E-state index in [1.807, 2.05) is 47.9 Å². The molecular formula is C30H25IN2O3S. The van der Waals surface area contributed by atoms with Crippen LogP contribution in [0.5, 0.6) is 11.5 Å². The summed E-state index contributed by atoms with van der Waals surface area (Å²) >= 11 is 3.70. The molecule has 37 heavy (non-hydrogen) atoms. The van der Waals surface area contributed by atoms with E-state index in [9.17, 15) is 4.79 Å². The lowest BCUT2D eigenvalue weighted by Crippen LogP contribution is -2.38. The maximum absolute atomic E-state index is 13.9. The Kier molecular flexibility index (Phi) is 6.50. The van der Waals surface area contributed by atoms with E-state index < -0.39 is 0 Å². The van der Waals surface area contributed by atoms with Crippen molar-refractivity contribution in [3.05, 3.63) is 118 Å². The van der Waals surface area contributed by atoms with Crippen molar-refractivity contribution in [3.8, 4) is 11.5 Å². The van der Waals surface area contributed by atoms with E-state index in [-0.39, 0.29) is 11.6 Å². The van der Waals surface area contributed by atoms with Crippen molar-refractivity contribution in [2.24, 2.45) is 4.99 Å². The average molecular weight is 621 g/mol. The number of rotatable bonds is 5. The number of methoxy groups -OCH3 is 1. The smallest absolute Gasteiger partial charge is 0.271 e. The summed E-state index contributed by atoms with van der Waals surface area (Å²) in [5.41, 5.74) is 6.69. The first-order chi connectivity index (χ1) is 18.1. The van der Waals surface area contributed by atoms with E-state index in [0.717, 1.165) is 49.5 Å². The Morgan fingerprint density at radius 2 is 1.92 bits per heavy atom. The molecule has 1 aliphatic heterocycles. The van der Waals surface area contributed by atoms with Gasteiger partial charge in [-0.1, -0.05) is 53.8 Å². The summed E-state index contributed by atoms with van der Waals surface area (Å²) in [5.74, 6) is 1.65. The number of nitrogens with zero attached hydrogens (tertiary/aromatic N) is 2.